The largest absolute Gasteiger partial charge is 0.444 e. The SMILES string of the molecule is C=CCc1ccccc1N(C(=O)OCc1ccccc1)S(=O)(=O)c1ccc(C)cc1. The summed E-state index contributed by atoms with van der Waals surface area (Å²) in [6.07, 6.45) is 1.10. The number of sulfonamides is 1. The molecular weight excluding hydrogens is 398 g/mol. The standard InChI is InChI=1S/C24H23NO4S/c1-3-9-21-12-7-8-13-23(21)25(24(26)29-18-20-10-5-4-6-11-20)30(27,28)22-16-14-19(2)15-17-22/h3-8,10-17H,1,9,18H2,2H3. The summed E-state index contributed by atoms with van der Waals surface area (Å²) in [5.41, 5.74) is 2.58. The molecule has 0 N–H and O–H groups in total. The van der Waals surface area contributed by atoms with Crippen molar-refractivity contribution in [1.82, 2.24) is 0 Å². The molecule has 1 amide bonds. The summed E-state index contributed by atoms with van der Waals surface area (Å²) in [4.78, 5) is 13.1. The molecule has 0 aliphatic carbocycles. The second-order valence-electron chi connectivity index (χ2n) is 6.74. The van der Waals surface area contributed by atoms with Crippen molar-refractivity contribution in [3.8, 4) is 0 Å². The van der Waals surface area contributed by atoms with Crippen LogP contribution in [0.3, 0.4) is 0 Å². The number of hydrogen-bond donors (Lipinski definition) is 0. The minimum Gasteiger partial charge on any atom is -0.444 e. The number of nitrogens with zero attached hydrogens (tertiary/aromatic N) is 1. The Morgan fingerprint density at radius 1 is 0.967 bits per heavy atom. The maximum atomic E-state index is 13.5. The van der Waals surface area contributed by atoms with Crippen LogP contribution >= 0.6 is 0 Å². The fourth-order valence-electron chi connectivity index (χ4n) is 2.96. The average molecular weight is 422 g/mol. The van der Waals surface area contributed by atoms with Crippen LogP contribution < -0.4 is 4.31 Å². The minimum absolute atomic E-state index is 0.0122. The Morgan fingerprint density at radius 3 is 2.27 bits per heavy atom. The first kappa shape index (κ1) is 21.3. The van der Waals surface area contributed by atoms with Gasteiger partial charge >= 0.3 is 6.09 Å². The fraction of sp³-hybridized carbons (Fsp3) is 0.125. The Balaban J connectivity index is 2.03. The highest BCUT2D eigenvalue weighted by Gasteiger charge is 2.33. The maximum absolute atomic E-state index is 13.5. The van der Waals surface area contributed by atoms with Gasteiger partial charge in [0.15, 0.2) is 0 Å². The summed E-state index contributed by atoms with van der Waals surface area (Å²) in [6, 6.07) is 22.3. The highest BCUT2D eigenvalue weighted by atomic mass is 32.2. The third kappa shape index (κ3) is 4.78. The van der Waals surface area contributed by atoms with Gasteiger partial charge in [-0.05, 0) is 42.7 Å². The molecule has 30 heavy (non-hydrogen) atoms. The fourth-order valence-corrected chi connectivity index (χ4v) is 4.33. The molecule has 0 saturated heterocycles. The Kier molecular flexibility index (Phi) is 6.69. The van der Waals surface area contributed by atoms with Gasteiger partial charge in [0.25, 0.3) is 10.0 Å². The molecule has 0 heterocycles. The summed E-state index contributed by atoms with van der Waals surface area (Å²) in [7, 11) is -4.19. The van der Waals surface area contributed by atoms with Gasteiger partial charge in [-0.25, -0.2) is 13.2 Å². The lowest BCUT2D eigenvalue weighted by Crippen LogP contribution is -2.38. The molecule has 5 nitrogen and oxygen atoms in total. The Bertz CT molecular complexity index is 1120. The van der Waals surface area contributed by atoms with E-state index in [0.717, 1.165) is 15.4 Å². The quantitative estimate of drug-likeness (QED) is 0.489. The lowest BCUT2D eigenvalue weighted by Gasteiger charge is -2.24. The van der Waals surface area contributed by atoms with Crippen LogP contribution in [0.1, 0.15) is 16.7 Å². The molecule has 3 aromatic rings. The number of rotatable bonds is 7. The van der Waals surface area contributed by atoms with Crippen molar-refractivity contribution in [2.45, 2.75) is 24.8 Å². The molecular formula is C24H23NO4S. The number of allylic oxidation sites excluding steroid dienone is 1. The highest BCUT2D eigenvalue weighted by molar-refractivity contribution is 7.93. The topological polar surface area (TPSA) is 63.7 Å². The van der Waals surface area contributed by atoms with E-state index in [2.05, 4.69) is 6.58 Å². The van der Waals surface area contributed by atoms with Gasteiger partial charge in [0, 0.05) is 0 Å². The van der Waals surface area contributed by atoms with E-state index in [1.54, 1.807) is 54.6 Å². The van der Waals surface area contributed by atoms with Crippen LogP contribution in [0.4, 0.5) is 10.5 Å². The zero-order valence-electron chi connectivity index (χ0n) is 16.7. The van der Waals surface area contributed by atoms with E-state index in [1.807, 2.05) is 25.1 Å². The Morgan fingerprint density at radius 2 is 1.60 bits per heavy atom. The van der Waals surface area contributed by atoms with Crippen LogP contribution in [-0.2, 0) is 27.8 Å². The van der Waals surface area contributed by atoms with Crippen molar-refractivity contribution >= 4 is 21.8 Å². The van der Waals surface area contributed by atoms with Gasteiger partial charge < -0.3 is 4.74 Å². The van der Waals surface area contributed by atoms with Gasteiger partial charge in [-0.15, -0.1) is 6.58 Å². The van der Waals surface area contributed by atoms with Crippen LogP contribution in [-0.4, -0.2) is 14.5 Å². The lowest BCUT2D eigenvalue weighted by molar-refractivity contribution is 0.151. The van der Waals surface area contributed by atoms with Crippen LogP contribution in [0, 0.1) is 6.92 Å². The number of para-hydroxylation sites is 1. The summed E-state index contributed by atoms with van der Waals surface area (Å²) in [6.45, 7) is 5.55. The van der Waals surface area contributed by atoms with Crippen molar-refractivity contribution in [3.63, 3.8) is 0 Å². The monoisotopic (exact) mass is 421 g/mol. The summed E-state index contributed by atoms with van der Waals surface area (Å²) in [5, 5.41) is 0. The number of carbonyl (C=O) groups is 1. The first-order valence-corrected chi connectivity index (χ1v) is 10.9. The lowest BCUT2D eigenvalue weighted by atomic mass is 10.1. The van der Waals surface area contributed by atoms with E-state index in [0.29, 0.717) is 12.0 Å². The van der Waals surface area contributed by atoms with Crippen LogP contribution in [0.2, 0.25) is 0 Å². The normalized spacial score (nSPS) is 11.0. The number of benzene rings is 3. The molecule has 0 aliphatic rings. The second kappa shape index (κ2) is 9.41. The van der Waals surface area contributed by atoms with E-state index >= 15 is 0 Å². The number of carbonyl (C=O) groups excluding carboxylic acids is 1. The first-order valence-electron chi connectivity index (χ1n) is 9.45. The van der Waals surface area contributed by atoms with E-state index < -0.39 is 16.1 Å². The molecule has 154 valence electrons. The summed E-state index contributed by atoms with van der Waals surface area (Å²) in [5.74, 6) is 0. The maximum Gasteiger partial charge on any atom is 0.428 e. The Labute approximate surface area is 177 Å². The molecule has 0 atom stereocenters. The molecule has 0 saturated carbocycles. The van der Waals surface area contributed by atoms with E-state index in [9.17, 15) is 13.2 Å². The highest BCUT2D eigenvalue weighted by Crippen LogP contribution is 2.29. The van der Waals surface area contributed by atoms with Crippen molar-refractivity contribution in [1.29, 1.82) is 0 Å². The molecule has 0 aromatic heterocycles. The second-order valence-corrected chi connectivity index (χ2v) is 8.53. The summed E-state index contributed by atoms with van der Waals surface area (Å²) >= 11 is 0. The summed E-state index contributed by atoms with van der Waals surface area (Å²) < 4.78 is 33.0. The smallest absolute Gasteiger partial charge is 0.428 e. The van der Waals surface area contributed by atoms with Crippen LogP contribution in [0.25, 0.3) is 0 Å². The third-order valence-electron chi connectivity index (χ3n) is 4.50. The number of hydrogen-bond acceptors (Lipinski definition) is 4. The molecule has 6 heteroatoms. The number of aryl methyl sites for hydroxylation is 1. The Hall–Kier alpha value is -3.38. The molecule has 0 radical (unpaired) electrons. The first-order chi connectivity index (χ1) is 14.4. The number of ether oxygens (including phenoxy) is 1. The number of anilines is 1. The molecule has 3 aromatic carbocycles. The molecule has 0 bridgehead atoms. The van der Waals surface area contributed by atoms with Crippen molar-refractivity contribution in [2.24, 2.45) is 0 Å². The van der Waals surface area contributed by atoms with Crippen LogP contribution in [0.5, 0.6) is 0 Å². The van der Waals surface area contributed by atoms with Crippen molar-refractivity contribution < 1.29 is 17.9 Å². The van der Waals surface area contributed by atoms with Crippen molar-refractivity contribution in [2.75, 3.05) is 4.31 Å². The van der Waals surface area contributed by atoms with Gasteiger partial charge in [-0.2, -0.15) is 4.31 Å². The van der Waals surface area contributed by atoms with Gasteiger partial charge in [-0.3, -0.25) is 0 Å². The zero-order chi connectivity index (χ0) is 21.6. The molecule has 0 fully saturated rings. The third-order valence-corrected chi connectivity index (χ3v) is 6.20. The zero-order valence-corrected chi connectivity index (χ0v) is 17.5. The van der Waals surface area contributed by atoms with E-state index in [1.165, 1.54) is 12.1 Å². The molecule has 0 unspecified atom stereocenters. The van der Waals surface area contributed by atoms with Gasteiger partial charge in [0.05, 0.1) is 10.6 Å². The van der Waals surface area contributed by atoms with Gasteiger partial charge in [-0.1, -0.05) is 72.3 Å². The number of amides is 1. The van der Waals surface area contributed by atoms with Crippen LogP contribution in [0.15, 0.2) is 96.4 Å². The van der Waals surface area contributed by atoms with Gasteiger partial charge in [0.1, 0.15) is 6.61 Å². The minimum atomic E-state index is -4.19. The predicted molar refractivity (Wildman–Crippen MR) is 118 cm³/mol. The van der Waals surface area contributed by atoms with Crippen molar-refractivity contribution in [3.05, 3.63) is 108 Å². The van der Waals surface area contributed by atoms with Gasteiger partial charge in [0.2, 0.25) is 0 Å². The molecule has 0 spiro atoms. The molecule has 0 aliphatic heterocycles. The predicted octanol–water partition coefficient (Wildman–Crippen LogP) is 5.26. The average Bonchev–Trinajstić information content (AvgIpc) is 2.75. The molecule has 3 rings (SSSR count). The van der Waals surface area contributed by atoms with E-state index in [4.69, 9.17) is 4.74 Å². The van der Waals surface area contributed by atoms with E-state index in [-0.39, 0.29) is 17.2 Å².